The Morgan fingerprint density at radius 2 is 2.00 bits per heavy atom. The molecule has 1 unspecified atom stereocenters. The van der Waals surface area contributed by atoms with Crippen LogP contribution in [0.5, 0.6) is 0 Å². The predicted octanol–water partition coefficient (Wildman–Crippen LogP) is 4.29. The molecule has 0 amide bonds. The smallest absolute Gasteiger partial charge is 0.0594 e. The highest BCUT2D eigenvalue weighted by Crippen LogP contribution is 2.36. The van der Waals surface area contributed by atoms with Gasteiger partial charge in [-0.2, -0.15) is 0 Å². The highest BCUT2D eigenvalue weighted by atomic mass is 35.5. The summed E-state index contributed by atoms with van der Waals surface area (Å²) in [6, 6.07) is 7.93. The zero-order valence-corrected chi connectivity index (χ0v) is 13.3. The number of nitrogens with one attached hydrogen (secondary N) is 1. The van der Waals surface area contributed by atoms with Crippen LogP contribution in [-0.2, 0) is 19.3 Å². The van der Waals surface area contributed by atoms with Crippen molar-refractivity contribution in [3.8, 4) is 0 Å². The molecule has 3 N–H and O–H groups in total. The first-order chi connectivity index (χ1) is 9.69. The third-order valence-electron chi connectivity index (χ3n) is 3.78. The van der Waals surface area contributed by atoms with Crippen molar-refractivity contribution in [2.45, 2.75) is 31.7 Å². The summed E-state index contributed by atoms with van der Waals surface area (Å²) in [5, 5.41) is 1.39. The van der Waals surface area contributed by atoms with Crippen LogP contribution in [-0.4, -0.2) is 0 Å². The highest BCUT2D eigenvalue weighted by molar-refractivity contribution is 7.12. The zero-order valence-electron chi connectivity index (χ0n) is 11.0. The van der Waals surface area contributed by atoms with Crippen LogP contribution in [0.4, 0.5) is 0 Å². The molecule has 106 valence electrons. The number of halogens is 2. The van der Waals surface area contributed by atoms with Crippen LogP contribution < -0.4 is 11.3 Å². The lowest BCUT2D eigenvalue weighted by molar-refractivity contribution is 0.560. The van der Waals surface area contributed by atoms with Gasteiger partial charge in [-0.05, 0) is 55.0 Å². The molecule has 0 fully saturated rings. The van der Waals surface area contributed by atoms with Crippen LogP contribution >= 0.6 is 34.5 Å². The van der Waals surface area contributed by atoms with Crippen molar-refractivity contribution >= 4 is 34.5 Å². The van der Waals surface area contributed by atoms with Gasteiger partial charge in [0, 0.05) is 19.8 Å². The maximum atomic E-state index is 6.24. The first-order valence-corrected chi connectivity index (χ1v) is 8.26. The SMILES string of the molecule is NNC(Cc1c(Cl)cccc1Cl)c1cc2c(s1)CCC2. The Balaban J connectivity index is 1.86. The van der Waals surface area contributed by atoms with E-state index in [1.165, 1.54) is 34.6 Å². The molecule has 2 nitrogen and oxygen atoms in total. The number of hydrogen-bond acceptors (Lipinski definition) is 3. The van der Waals surface area contributed by atoms with Crippen LogP contribution in [0.2, 0.25) is 10.0 Å². The standard InChI is InChI=1S/C15H16Cl2N2S/c16-11-4-2-5-12(17)10(11)8-13(19-18)15-7-9-3-1-6-14(9)20-15/h2,4-5,7,13,19H,1,3,6,8,18H2. The van der Waals surface area contributed by atoms with Gasteiger partial charge in [0.15, 0.2) is 0 Å². The molecular weight excluding hydrogens is 311 g/mol. The molecule has 0 saturated carbocycles. The van der Waals surface area contributed by atoms with Gasteiger partial charge in [0.2, 0.25) is 0 Å². The van der Waals surface area contributed by atoms with Gasteiger partial charge in [-0.15, -0.1) is 11.3 Å². The van der Waals surface area contributed by atoms with Gasteiger partial charge in [0.05, 0.1) is 6.04 Å². The van der Waals surface area contributed by atoms with E-state index in [1.54, 1.807) is 0 Å². The first kappa shape index (κ1) is 14.4. The van der Waals surface area contributed by atoms with Gasteiger partial charge in [-0.3, -0.25) is 11.3 Å². The van der Waals surface area contributed by atoms with Crippen LogP contribution in [0.25, 0.3) is 0 Å². The van der Waals surface area contributed by atoms with Crippen molar-refractivity contribution in [2.75, 3.05) is 0 Å². The lowest BCUT2D eigenvalue weighted by atomic mass is 10.0. The predicted molar refractivity (Wildman–Crippen MR) is 86.6 cm³/mol. The molecule has 0 aliphatic heterocycles. The van der Waals surface area contributed by atoms with E-state index in [2.05, 4.69) is 11.5 Å². The van der Waals surface area contributed by atoms with E-state index >= 15 is 0 Å². The Morgan fingerprint density at radius 3 is 2.65 bits per heavy atom. The summed E-state index contributed by atoms with van der Waals surface area (Å²) < 4.78 is 0. The molecule has 1 heterocycles. The molecule has 1 aliphatic rings. The average molecular weight is 327 g/mol. The topological polar surface area (TPSA) is 38.0 Å². The van der Waals surface area contributed by atoms with Crippen molar-refractivity contribution in [1.82, 2.24) is 5.43 Å². The number of aryl methyl sites for hydroxylation is 2. The summed E-state index contributed by atoms with van der Waals surface area (Å²) in [4.78, 5) is 2.78. The normalized spacial score (nSPS) is 15.3. The Bertz CT molecular complexity index is 583. The van der Waals surface area contributed by atoms with Crippen molar-refractivity contribution in [1.29, 1.82) is 0 Å². The van der Waals surface area contributed by atoms with Crippen LogP contribution in [0.1, 0.15) is 33.3 Å². The Labute approximate surface area is 132 Å². The maximum Gasteiger partial charge on any atom is 0.0594 e. The van der Waals surface area contributed by atoms with E-state index in [0.717, 1.165) is 5.56 Å². The molecule has 5 heteroatoms. The molecule has 0 spiro atoms. The molecule has 0 bridgehead atoms. The molecule has 0 radical (unpaired) electrons. The minimum Gasteiger partial charge on any atom is -0.271 e. The third kappa shape index (κ3) is 2.74. The second-order valence-corrected chi connectivity index (χ2v) is 7.06. The third-order valence-corrected chi connectivity index (χ3v) is 5.84. The fourth-order valence-corrected chi connectivity index (χ4v) is 4.57. The minimum absolute atomic E-state index is 0.0583. The number of nitrogens with two attached hydrogens (primary N) is 1. The molecule has 0 saturated heterocycles. The number of thiophene rings is 1. The fraction of sp³-hybridized carbons (Fsp3) is 0.333. The summed E-state index contributed by atoms with van der Waals surface area (Å²) in [7, 11) is 0. The van der Waals surface area contributed by atoms with Crippen molar-refractivity contribution < 1.29 is 0 Å². The van der Waals surface area contributed by atoms with Gasteiger partial charge in [0.1, 0.15) is 0 Å². The summed E-state index contributed by atoms with van der Waals surface area (Å²) in [5.74, 6) is 5.74. The van der Waals surface area contributed by atoms with Gasteiger partial charge in [-0.25, -0.2) is 0 Å². The first-order valence-electron chi connectivity index (χ1n) is 6.69. The monoisotopic (exact) mass is 326 g/mol. The quantitative estimate of drug-likeness (QED) is 0.649. The number of rotatable bonds is 4. The van der Waals surface area contributed by atoms with E-state index in [1.807, 2.05) is 29.5 Å². The van der Waals surface area contributed by atoms with E-state index in [-0.39, 0.29) is 6.04 Å². The van der Waals surface area contributed by atoms with Crippen LogP contribution in [0.15, 0.2) is 24.3 Å². The Kier molecular flexibility index (Phi) is 4.34. The zero-order chi connectivity index (χ0) is 14.1. The van der Waals surface area contributed by atoms with E-state index < -0.39 is 0 Å². The maximum absolute atomic E-state index is 6.24. The largest absolute Gasteiger partial charge is 0.271 e. The van der Waals surface area contributed by atoms with Gasteiger partial charge >= 0.3 is 0 Å². The Hall–Kier alpha value is -0.580. The lowest BCUT2D eigenvalue weighted by Gasteiger charge is -2.16. The second kappa shape index (κ2) is 6.04. The molecule has 1 aromatic heterocycles. The van der Waals surface area contributed by atoms with Crippen molar-refractivity contribution in [3.63, 3.8) is 0 Å². The van der Waals surface area contributed by atoms with Gasteiger partial charge in [0.25, 0.3) is 0 Å². The molecule has 2 aromatic rings. The fourth-order valence-electron chi connectivity index (χ4n) is 2.70. The number of hydrazine groups is 1. The average Bonchev–Trinajstić information content (AvgIpc) is 2.99. The molecule has 1 aliphatic carbocycles. The molecule has 1 atom stereocenters. The van der Waals surface area contributed by atoms with Crippen molar-refractivity contribution in [3.05, 3.63) is 55.2 Å². The highest BCUT2D eigenvalue weighted by Gasteiger charge is 2.21. The van der Waals surface area contributed by atoms with Gasteiger partial charge in [-0.1, -0.05) is 29.3 Å². The lowest BCUT2D eigenvalue weighted by Crippen LogP contribution is -2.29. The van der Waals surface area contributed by atoms with E-state index in [0.29, 0.717) is 16.5 Å². The number of hydrogen-bond donors (Lipinski definition) is 2. The summed E-state index contributed by atoms with van der Waals surface area (Å²) >= 11 is 14.3. The molecule has 20 heavy (non-hydrogen) atoms. The van der Waals surface area contributed by atoms with Crippen LogP contribution in [0, 0.1) is 0 Å². The number of benzene rings is 1. The molecular formula is C15H16Cl2N2S. The van der Waals surface area contributed by atoms with E-state index in [9.17, 15) is 0 Å². The summed E-state index contributed by atoms with van der Waals surface area (Å²) in [6.45, 7) is 0. The minimum atomic E-state index is 0.0583. The number of fused-ring (bicyclic) bond motifs is 1. The van der Waals surface area contributed by atoms with Crippen LogP contribution in [0.3, 0.4) is 0 Å². The molecule has 3 rings (SSSR count). The van der Waals surface area contributed by atoms with Gasteiger partial charge < -0.3 is 0 Å². The van der Waals surface area contributed by atoms with E-state index in [4.69, 9.17) is 29.0 Å². The second-order valence-electron chi connectivity index (χ2n) is 5.07. The Morgan fingerprint density at radius 1 is 1.25 bits per heavy atom. The molecule has 1 aromatic carbocycles. The van der Waals surface area contributed by atoms with Crippen molar-refractivity contribution in [2.24, 2.45) is 5.84 Å². The summed E-state index contributed by atoms with van der Waals surface area (Å²) in [5.41, 5.74) is 5.34. The summed E-state index contributed by atoms with van der Waals surface area (Å²) in [6.07, 6.45) is 4.37.